The van der Waals surface area contributed by atoms with Gasteiger partial charge in [-0.25, -0.2) is 9.59 Å². The molecule has 2 aromatic rings. The van der Waals surface area contributed by atoms with E-state index in [1.807, 2.05) is 6.92 Å². The first-order valence-corrected chi connectivity index (χ1v) is 6.36. The largest absolute Gasteiger partial charge is 0.478 e. The van der Waals surface area contributed by atoms with Crippen LogP contribution in [-0.4, -0.2) is 22.1 Å². The quantitative estimate of drug-likeness (QED) is 0.810. The summed E-state index contributed by atoms with van der Waals surface area (Å²) in [5.41, 5.74) is 1.45. The monoisotopic (exact) mass is 305 g/mol. The Kier molecular flexibility index (Phi) is 4.39. The molecule has 21 heavy (non-hydrogen) atoms. The number of pyridine rings is 1. The lowest BCUT2D eigenvalue weighted by Gasteiger charge is -2.11. The van der Waals surface area contributed by atoms with Gasteiger partial charge in [-0.2, -0.15) is 0 Å². The highest BCUT2D eigenvalue weighted by Crippen LogP contribution is 2.21. The van der Waals surface area contributed by atoms with Gasteiger partial charge in [0.2, 0.25) is 0 Å². The van der Waals surface area contributed by atoms with Crippen LogP contribution in [0.15, 0.2) is 36.7 Å². The highest BCUT2D eigenvalue weighted by Gasteiger charge is 2.13. The number of aryl methyl sites for hydroxylation is 1. The molecule has 0 aliphatic rings. The molecule has 0 spiro atoms. The van der Waals surface area contributed by atoms with Crippen molar-refractivity contribution in [2.45, 2.75) is 6.92 Å². The van der Waals surface area contributed by atoms with Gasteiger partial charge in [-0.05, 0) is 36.8 Å². The minimum atomic E-state index is -1.15. The van der Waals surface area contributed by atoms with Crippen molar-refractivity contribution in [1.82, 2.24) is 4.98 Å². The molecule has 0 radical (unpaired) electrons. The second-order valence-corrected chi connectivity index (χ2v) is 4.70. The van der Waals surface area contributed by atoms with E-state index in [0.717, 1.165) is 5.56 Å². The topological polar surface area (TPSA) is 91.3 Å². The van der Waals surface area contributed by atoms with Crippen molar-refractivity contribution in [3.63, 3.8) is 0 Å². The number of hydrogen-bond donors (Lipinski definition) is 3. The van der Waals surface area contributed by atoms with E-state index in [9.17, 15) is 9.59 Å². The van der Waals surface area contributed by atoms with Crippen LogP contribution in [0.4, 0.5) is 16.2 Å². The highest BCUT2D eigenvalue weighted by molar-refractivity contribution is 6.31. The minimum Gasteiger partial charge on any atom is -0.478 e. The van der Waals surface area contributed by atoms with E-state index in [2.05, 4.69) is 15.6 Å². The van der Waals surface area contributed by atoms with Crippen LogP contribution in [-0.2, 0) is 0 Å². The van der Waals surface area contributed by atoms with E-state index in [0.29, 0.717) is 10.7 Å². The van der Waals surface area contributed by atoms with E-state index in [-0.39, 0.29) is 11.3 Å². The molecule has 1 aromatic heterocycles. The number of amides is 2. The predicted molar refractivity (Wildman–Crippen MR) is 80.0 cm³/mol. The van der Waals surface area contributed by atoms with Crippen LogP contribution < -0.4 is 10.6 Å². The summed E-state index contributed by atoms with van der Waals surface area (Å²) in [5, 5.41) is 14.5. The fourth-order valence-corrected chi connectivity index (χ4v) is 1.85. The molecule has 6 nitrogen and oxygen atoms in total. The molecule has 0 aliphatic carbocycles. The summed E-state index contributed by atoms with van der Waals surface area (Å²) in [5.74, 6) is -1.15. The third-order valence-electron chi connectivity index (χ3n) is 2.75. The Balaban J connectivity index is 2.18. The van der Waals surface area contributed by atoms with Gasteiger partial charge < -0.3 is 15.7 Å². The van der Waals surface area contributed by atoms with E-state index in [1.165, 1.54) is 24.4 Å². The number of benzene rings is 1. The van der Waals surface area contributed by atoms with Gasteiger partial charge in [-0.3, -0.25) is 4.98 Å². The van der Waals surface area contributed by atoms with Gasteiger partial charge in [-0.15, -0.1) is 0 Å². The number of halogens is 1. The second-order valence-electron chi connectivity index (χ2n) is 4.26. The first-order chi connectivity index (χ1) is 9.97. The molecule has 0 bridgehead atoms. The maximum absolute atomic E-state index is 11.9. The highest BCUT2D eigenvalue weighted by atomic mass is 35.5. The molecule has 0 saturated heterocycles. The number of aromatic nitrogens is 1. The molecule has 0 fully saturated rings. The van der Waals surface area contributed by atoms with Gasteiger partial charge >= 0.3 is 12.0 Å². The summed E-state index contributed by atoms with van der Waals surface area (Å²) in [6.45, 7) is 1.82. The maximum atomic E-state index is 11.9. The standard InChI is InChI=1S/C14H12ClN3O3/c1-8-4-5-16-7-12(8)18-14(21)17-11-6-9(15)2-3-10(11)13(19)20/h2-7H,1H3,(H,19,20)(H2,17,18,21). The minimum absolute atomic E-state index is 0.0440. The number of hydrogen-bond acceptors (Lipinski definition) is 3. The first kappa shape index (κ1) is 14.8. The van der Waals surface area contributed by atoms with Gasteiger partial charge in [0.25, 0.3) is 0 Å². The zero-order chi connectivity index (χ0) is 15.4. The van der Waals surface area contributed by atoms with Crippen LogP contribution in [0.2, 0.25) is 5.02 Å². The molecular weight excluding hydrogens is 294 g/mol. The number of nitrogens with zero attached hydrogens (tertiary/aromatic N) is 1. The third-order valence-corrected chi connectivity index (χ3v) is 2.98. The smallest absolute Gasteiger partial charge is 0.337 e. The van der Waals surface area contributed by atoms with Gasteiger partial charge in [0.05, 0.1) is 23.1 Å². The van der Waals surface area contributed by atoms with Gasteiger partial charge in [-0.1, -0.05) is 11.6 Å². The molecule has 3 N–H and O–H groups in total. The Bertz CT molecular complexity index is 704. The molecule has 2 rings (SSSR count). The number of carboxylic acids is 1. The fourth-order valence-electron chi connectivity index (χ4n) is 1.68. The number of carboxylic acid groups (broad SMARTS) is 1. The van der Waals surface area contributed by atoms with Gasteiger partial charge in [0.15, 0.2) is 0 Å². The predicted octanol–water partition coefficient (Wildman–Crippen LogP) is 3.39. The number of carbonyl (C=O) groups excluding carboxylic acids is 1. The molecular formula is C14H12ClN3O3. The Morgan fingerprint density at radius 3 is 2.57 bits per heavy atom. The van der Waals surface area contributed by atoms with Crippen molar-refractivity contribution in [3.05, 3.63) is 52.8 Å². The van der Waals surface area contributed by atoms with Crippen LogP contribution >= 0.6 is 11.6 Å². The molecule has 0 atom stereocenters. The first-order valence-electron chi connectivity index (χ1n) is 5.99. The Labute approximate surface area is 125 Å². The summed E-state index contributed by atoms with van der Waals surface area (Å²) < 4.78 is 0. The normalized spacial score (nSPS) is 10.0. The lowest BCUT2D eigenvalue weighted by atomic mass is 10.2. The molecule has 0 saturated carbocycles. The summed E-state index contributed by atoms with van der Waals surface area (Å²) in [6, 6.07) is 5.32. The molecule has 108 valence electrons. The zero-order valence-electron chi connectivity index (χ0n) is 11.1. The number of aromatic carboxylic acids is 1. The lowest BCUT2D eigenvalue weighted by molar-refractivity contribution is 0.0698. The maximum Gasteiger partial charge on any atom is 0.337 e. The zero-order valence-corrected chi connectivity index (χ0v) is 11.8. The number of rotatable bonds is 3. The average Bonchev–Trinajstić information content (AvgIpc) is 2.41. The molecule has 1 aromatic carbocycles. The number of urea groups is 1. The number of anilines is 2. The SMILES string of the molecule is Cc1ccncc1NC(=O)Nc1cc(Cl)ccc1C(=O)O. The van der Waals surface area contributed by atoms with Crippen molar-refractivity contribution >= 4 is 35.0 Å². The summed E-state index contributed by atoms with van der Waals surface area (Å²) >= 11 is 5.82. The van der Waals surface area contributed by atoms with E-state index in [4.69, 9.17) is 16.7 Å². The average molecular weight is 306 g/mol. The second kappa shape index (κ2) is 6.23. The van der Waals surface area contributed by atoms with Crippen LogP contribution in [0.1, 0.15) is 15.9 Å². The van der Waals surface area contributed by atoms with E-state index < -0.39 is 12.0 Å². The van der Waals surface area contributed by atoms with Crippen LogP contribution in [0, 0.1) is 6.92 Å². The van der Waals surface area contributed by atoms with E-state index in [1.54, 1.807) is 12.3 Å². The van der Waals surface area contributed by atoms with Crippen molar-refractivity contribution in [2.24, 2.45) is 0 Å². The van der Waals surface area contributed by atoms with Gasteiger partial charge in [0, 0.05) is 11.2 Å². The van der Waals surface area contributed by atoms with Gasteiger partial charge in [0.1, 0.15) is 0 Å². The van der Waals surface area contributed by atoms with Crippen molar-refractivity contribution in [3.8, 4) is 0 Å². The number of nitrogens with one attached hydrogen (secondary N) is 2. The summed E-state index contributed by atoms with van der Waals surface area (Å²) in [4.78, 5) is 26.9. The third kappa shape index (κ3) is 3.70. The lowest BCUT2D eigenvalue weighted by Crippen LogP contribution is -2.21. The fraction of sp³-hybridized carbons (Fsp3) is 0.0714. The Hall–Kier alpha value is -2.60. The summed E-state index contributed by atoms with van der Waals surface area (Å²) in [7, 11) is 0. The number of carbonyl (C=O) groups is 2. The molecule has 2 amide bonds. The van der Waals surface area contributed by atoms with E-state index >= 15 is 0 Å². The molecule has 1 heterocycles. The molecule has 0 unspecified atom stereocenters. The van der Waals surface area contributed by atoms with Crippen LogP contribution in [0.5, 0.6) is 0 Å². The Morgan fingerprint density at radius 1 is 1.19 bits per heavy atom. The summed E-state index contributed by atoms with van der Waals surface area (Å²) in [6.07, 6.45) is 3.11. The Morgan fingerprint density at radius 2 is 1.90 bits per heavy atom. The molecule has 7 heteroatoms. The van der Waals surface area contributed by atoms with Crippen molar-refractivity contribution in [2.75, 3.05) is 10.6 Å². The van der Waals surface area contributed by atoms with Crippen LogP contribution in [0.25, 0.3) is 0 Å². The molecule has 0 aliphatic heterocycles. The van der Waals surface area contributed by atoms with Crippen LogP contribution in [0.3, 0.4) is 0 Å². The van der Waals surface area contributed by atoms with Crippen molar-refractivity contribution < 1.29 is 14.7 Å². The van der Waals surface area contributed by atoms with Crippen molar-refractivity contribution in [1.29, 1.82) is 0 Å².